The molecule has 0 aliphatic heterocycles. The number of hydrogen-bond donors (Lipinski definition) is 0. The minimum atomic E-state index is -4.31. The van der Waals surface area contributed by atoms with Gasteiger partial charge in [0.25, 0.3) is 0 Å². The number of aromatic nitrogens is 1. The van der Waals surface area contributed by atoms with Crippen LogP contribution in [-0.2, 0) is 23.9 Å². The Morgan fingerprint density at radius 1 is 0.962 bits per heavy atom. The van der Waals surface area contributed by atoms with E-state index in [9.17, 15) is 13.2 Å². The molecule has 0 saturated heterocycles. The van der Waals surface area contributed by atoms with Crippen molar-refractivity contribution >= 4 is 11.3 Å². The molecule has 0 radical (unpaired) electrons. The Morgan fingerprint density at radius 2 is 1.69 bits per heavy atom. The molecule has 0 N–H and O–H groups in total. The molecule has 2 aromatic carbocycles. The smallest absolute Gasteiger partial charge is 0.377 e. The highest BCUT2D eigenvalue weighted by Crippen LogP contribution is 2.31. The molecule has 6 heteroatoms. The highest BCUT2D eigenvalue weighted by Gasteiger charge is 2.30. The molecule has 0 saturated carbocycles. The minimum Gasteiger partial charge on any atom is -0.377 e. The average Bonchev–Trinajstić information content (AvgIpc) is 3.11. The van der Waals surface area contributed by atoms with Crippen molar-refractivity contribution in [2.75, 3.05) is 6.61 Å². The van der Waals surface area contributed by atoms with Crippen molar-refractivity contribution in [3.05, 3.63) is 76.8 Å². The van der Waals surface area contributed by atoms with Gasteiger partial charge in [-0.3, -0.25) is 0 Å². The SMILES string of the molecule is FC(F)(F)c1ccc(-c2nc(CCCOCc3ccccc3)cs2)cc1. The van der Waals surface area contributed by atoms with Crippen LogP contribution in [0.1, 0.15) is 23.2 Å². The van der Waals surface area contributed by atoms with Crippen LogP contribution in [0.2, 0.25) is 0 Å². The van der Waals surface area contributed by atoms with E-state index in [2.05, 4.69) is 4.98 Å². The molecule has 0 atom stereocenters. The minimum absolute atomic E-state index is 0.592. The summed E-state index contributed by atoms with van der Waals surface area (Å²) >= 11 is 1.44. The molecule has 0 unspecified atom stereocenters. The fraction of sp³-hybridized carbons (Fsp3) is 0.250. The van der Waals surface area contributed by atoms with Gasteiger partial charge in [0.2, 0.25) is 0 Å². The monoisotopic (exact) mass is 377 g/mol. The summed E-state index contributed by atoms with van der Waals surface area (Å²) in [5, 5.41) is 2.68. The molecule has 26 heavy (non-hydrogen) atoms. The first-order chi connectivity index (χ1) is 12.5. The van der Waals surface area contributed by atoms with E-state index in [-0.39, 0.29) is 0 Å². The van der Waals surface area contributed by atoms with Crippen LogP contribution < -0.4 is 0 Å². The molecule has 1 aromatic heterocycles. The Kier molecular flexibility index (Phi) is 6.06. The number of benzene rings is 2. The van der Waals surface area contributed by atoms with Crippen LogP contribution in [0.25, 0.3) is 10.6 Å². The maximum Gasteiger partial charge on any atom is 0.416 e. The van der Waals surface area contributed by atoms with E-state index in [1.165, 1.54) is 23.5 Å². The molecule has 0 fully saturated rings. The molecule has 1 heterocycles. The lowest BCUT2D eigenvalue weighted by Gasteiger charge is -2.06. The highest BCUT2D eigenvalue weighted by molar-refractivity contribution is 7.13. The molecule has 3 rings (SSSR count). The van der Waals surface area contributed by atoms with Crippen molar-refractivity contribution < 1.29 is 17.9 Å². The predicted octanol–water partition coefficient (Wildman–Crippen LogP) is 5.98. The van der Waals surface area contributed by atoms with E-state index in [0.717, 1.165) is 41.2 Å². The van der Waals surface area contributed by atoms with Gasteiger partial charge in [-0.2, -0.15) is 13.2 Å². The summed E-state index contributed by atoms with van der Waals surface area (Å²) in [6.45, 7) is 1.23. The summed E-state index contributed by atoms with van der Waals surface area (Å²) < 4.78 is 43.5. The van der Waals surface area contributed by atoms with E-state index in [1.807, 2.05) is 35.7 Å². The fourth-order valence-electron chi connectivity index (χ4n) is 2.48. The molecular weight excluding hydrogens is 359 g/mol. The van der Waals surface area contributed by atoms with E-state index in [1.54, 1.807) is 0 Å². The molecule has 0 amide bonds. The van der Waals surface area contributed by atoms with Gasteiger partial charge in [0.1, 0.15) is 5.01 Å². The molecule has 0 bridgehead atoms. The maximum atomic E-state index is 12.6. The average molecular weight is 377 g/mol. The van der Waals surface area contributed by atoms with E-state index < -0.39 is 11.7 Å². The van der Waals surface area contributed by atoms with Crippen molar-refractivity contribution in [2.45, 2.75) is 25.6 Å². The third kappa shape index (κ3) is 5.16. The van der Waals surface area contributed by atoms with Crippen molar-refractivity contribution in [3.63, 3.8) is 0 Å². The molecule has 3 aromatic rings. The molecule has 0 spiro atoms. The summed E-state index contributed by atoms with van der Waals surface area (Å²) in [5.74, 6) is 0. The fourth-order valence-corrected chi connectivity index (χ4v) is 3.34. The Balaban J connectivity index is 1.47. The molecular formula is C20H18F3NOS. The van der Waals surface area contributed by atoms with Gasteiger partial charge < -0.3 is 4.74 Å². The molecule has 0 aliphatic carbocycles. The van der Waals surface area contributed by atoms with Crippen molar-refractivity contribution in [2.24, 2.45) is 0 Å². The van der Waals surface area contributed by atoms with Crippen LogP contribution in [0.15, 0.2) is 60.0 Å². The van der Waals surface area contributed by atoms with Crippen molar-refractivity contribution in [3.8, 4) is 10.6 Å². The first-order valence-corrected chi connectivity index (χ1v) is 9.14. The predicted molar refractivity (Wildman–Crippen MR) is 97.0 cm³/mol. The van der Waals surface area contributed by atoms with Gasteiger partial charge in [0.15, 0.2) is 0 Å². The first-order valence-electron chi connectivity index (χ1n) is 8.26. The Labute approximate surface area is 154 Å². The summed E-state index contributed by atoms with van der Waals surface area (Å²) in [6.07, 6.45) is -2.68. The van der Waals surface area contributed by atoms with Crippen LogP contribution in [-0.4, -0.2) is 11.6 Å². The van der Waals surface area contributed by atoms with Gasteiger partial charge in [-0.25, -0.2) is 4.98 Å². The summed E-state index contributed by atoms with van der Waals surface area (Å²) in [7, 11) is 0. The highest BCUT2D eigenvalue weighted by atomic mass is 32.1. The number of hydrogen-bond acceptors (Lipinski definition) is 3. The van der Waals surface area contributed by atoms with Crippen LogP contribution in [0.4, 0.5) is 13.2 Å². The van der Waals surface area contributed by atoms with Crippen LogP contribution in [0, 0.1) is 0 Å². The van der Waals surface area contributed by atoms with Gasteiger partial charge in [-0.1, -0.05) is 42.5 Å². The number of ether oxygens (including phenoxy) is 1. The third-order valence-electron chi connectivity index (χ3n) is 3.84. The van der Waals surface area contributed by atoms with Crippen molar-refractivity contribution in [1.29, 1.82) is 0 Å². The standard InChI is InChI=1S/C20H18F3NOS/c21-20(22,23)17-10-8-16(9-11-17)19-24-18(14-26-19)7-4-12-25-13-15-5-2-1-3-6-15/h1-3,5-6,8-11,14H,4,7,12-13H2. The van der Waals surface area contributed by atoms with Gasteiger partial charge in [0.05, 0.1) is 17.9 Å². The van der Waals surface area contributed by atoms with E-state index >= 15 is 0 Å². The topological polar surface area (TPSA) is 22.1 Å². The number of aryl methyl sites for hydroxylation is 1. The first kappa shape index (κ1) is 18.6. The third-order valence-corrected chi connectivity index (χ3v) is 4.78. The lowest BCUT2D eigenvalue weighted by molar-refractivity contribution is -0.137. The van der Waals surface area contributed by atoms with Crippen LogP contribution in [0.3, 0.4) is 0 Å². The Bertz CT molecular complexity index is 813. The zero-order chi connectivity index (χ0) is 18.4. The number of halogens is 3. The second-order valence-corrected chi connectivity index (χ2v) is 6.72. The quantitative estimate of drug-likeness (QED) is 0.473. The van der Waals surface area contributed by atoms with Crippen molar-refractivity contribution in [1.82, 2.24) is 4.98 Å². The van der Waals surface area contributed by atoms with Crippen LogP contribution in [0.5, 0.6) is 0 Å². The summed E-state index contributed by atoms with van der Waals surface area (Å²) in [4.78, 5) is 4.51. The normalized spacial score (nSPS) is 11.7. The number of alkyl halides is 3. The second kappa shape index (κ2) is 8.47. The summed E-state index contributed by atoms with van der Waals surface area (Å²) in [6, 6.07) is 15.1. The number of rotatable bonds is 7. The maximum absolute atomic E-state index is 12.6. The largest absolute Gasteiger partial charge is 0.416 e. The van der Waals surface area contributed by atoms with E-state index in [0.29, 0.717) is 18.8 Å². The number of nitrogens with zero attached hydrogens (tertiary/aromatic N) is 1. The molecule has 136 valence electrons. The lowest BCUT2D eigenvalue weighted by atomic mass is 10.1. The zero-order valence-corrected chi connectivity index (χ0v) is 14.8. The zero-order valence-electron chi connectivity index (χ0n) is 14.0. The lowest BCUT2D eigenvalue weighted by Crippen LogP contribution is -2.03. The van der Waals surface area contributed by atoms with Gasteiger partial charge in [-0.15, -0.1) is 11.3 Å². The molecule has 2 nitrogen and oxygen atoms in total. The number of thiazole rings is 1. The Hall–Kier alpha value is -2.18. The van der Waals surface area contributed by atoms with Gasteiger partial charge in [0, 0.05) is 17.6 Å². The van der Waals surface area contributed by atoms with Gasteiger partial charge in [-0.05, 0) is 30.5 Å². The Morgan fingerprint density at radius 3 is 2.38 bits per heavy atom. The second-order valence-electron chi connectivity index (χ2n) is 5.86. The van der Waals surface area contributed by atoms with Gasteiger partial charge >= 0.3 is 6.18 Å². The summed E-state index contributed by atoms with van der Waals surface area (Å²) in [5.41, 5.74) is 2.14. The molecule has 0 aliphatic rings. The van der Waals surface area contributed by atoms with E-state index in [4.69, 9.17) is 4.74 Å². The van der Waals surface area contributed by atoms with Crippen LogP contribution >= 0.6 is 11.3 Å².